The zero-order chi connectivity index (χ0) is 22.3. The molecule has 168 valence electrons. The van der Waals surface area contributed by atoms with Crippen molar-refractivity contribution in [1.29, 1.82) is 0 Å². The Hall–Kier alpha value is -1.80. The topological polar surface area (TPSA) is 79.0 Å². The van der Waals surface area contributed by atoms with Crippen LogP contribution in [0.1, 0.15) is 53.0 Å². The number of methoxy groups -OCH3 is 1. The van der Waals surface area contributed by atoms with Gasteiger partial charge in [0.2, 0.25) is 15.9 Å². The number of anilines is 1. The van der Waals surface area contributed by atoms with Gasteiger partial charge in [0.05, 0.1) is 17.7 Å². The lowest BCUT2D eigenvalue weighted by atomic mass is 9.74. The molecule has 0 unspecified atom stereocenters. The maximum atomic E-state index is 13.5. The van der Waals surface area contributed by atoms with Crippen molar-refractivity contribution in [3.63, 3.8) is 0 Å². The largest absolute Gasteiger partial charge is 0.495 e. The molecule has 0 aromatic heterocycles. The van der Waals surface area contributed by atoms with Crippen LogP contribution >= 0.6 is 0 Å². The molecular weight excluding hydrogens is 402 g/mol. The Balaban J connectivity index is 2.04. The summed E-state index contributed by atoms with van der Waals surface area (Å²) in [5, 5.41) is 3.43. The van der Waals surface area contributed by atoms with Crippen molar-refractivity contribution < 1.29 is 17.9 Å². The van der Waals surface area contributed by atoms with Crippen molar-refractivity contribution in [2.75, 3.05) is 45.2 Å². The van der Waals surface area contributed by atoms with Gasteiger partial charge in [-0.1, -0.05) is 34.6 Å². The molecule has 2 aliphatic rings. The number of carbonyl (C=O) groups is 1. The first-order valence-electron chi connectivity index (χ1n) is 10.8. The normalized spacial score (nSPS) is 18.4. The Kier molecular flexibility index (Phi) is 6.13. The summed E-state index contributed by atoms with van der Waals surface area (Å²) >= 11 is 0. The lowest BCUT2D eigenvalue weighted by molar-refractivity contribution is -0.141. The highest BCUT2D eigenvalue weighted by Gasteiger charge is 2.47. The van der Waals surface area contributed by atoms with Gasteiger partial charge in [0, 0.05) is 49.1 Å². The van der Waals surface area contributed by atoms with E-state index < -0.39 is 15.4 Å². The van der Waals surface area contributed by atoms with Gasteiger partial charge >= 0.3 is 0 Å². The van der Waals surface area contributed by atoms with Crippen LogP contribution in [0, 0.1) is 5.41 Å². The maximum absolute atomic E-state index is 13.5. The van der Waals surface area contributed by atoms with Crippen LogP contribution in [0.2, 0.25) is 0 Å². The van der Waals surface area contributed by atoms with E-state index in [1.54, 1.807) is 19.2 Å². The fourth-order valence-electron chi connectivity index (χ4n) is 4.74. The van der Waals surface area contributed by atoms with Gasteiger partial charge in [-0.15, -0.1) is 0 Å². The van der Waals surface area contributed by atoms with Crippen molar-refractivity contribution in [2.24, 2.45) is 5.41 Å². The first-order valence-corrected chi connectivity index (χ1v) is 12.2. The Morgan fingerprint density at radius 3 is 2.30 bits per heavy atom. The molecule has 2 aliphatic heterocycles. The fraction of sp³-hybridized carbons (Fsp3) is 0.682. The van der Waals surface area contributed by atoms with Gasteiger partial charge in [-0.2, -0.15) is 4.31 Å². The molecule has 0 radical (unpaired) electrons. The van der Waals surface area contributed by atoms with Crippen LogP contribution in [0.15, 0.2) is 17.0 Å². The molecule has 3 rings (SSSR count). The van der Waals surface area contributed by atoms with Gasteiger partial charge in [-0.25, -0.2) is 8.42 Å². The minimum absolute atomic E-state index is 0.144. The third kappa shape index (κ3) is 3.68. The molecule has 0 atom stereocenters. The monoisotopic (exact) mass is 437 g/mol. The number of amides is 1. The highest BCUT2D eigenvalue weighted by Crippen LogP contribution is 2.51. The Morgan fingerprint density at radius 2 is 1.80 bits per heavy atom. The molecule has 1 aromatic carbocycles. The molecule has 8 heteroatoms. The van der Waals surface area contributed by atoms with Gasteiger partial charge in [0.25, 0.3) is 0 Å². The lowest BCUT2D eigenvalue weighted by Crippen LogP contribution is -2.49. The fourth-order valence-corrected chi connectivity index (χ4v) is 6.51. The van der Waals surface area contributed by atoms with E-state index in [2.05, 4.69) is 5.32 Å². The molecule has 1 N–H and O–H groups in total. The van der Waals surface area contributed by atoms with Crippen LogP contribution in [-0.2, 0) is 20.2 Å². The number of carbonyl (C=O) groups excluding carboxylic acids is 1. The molecule has 2 heterocycles. The average Bonchev–Trinajstić information content (AvgIpc) is 3.06. The number of sulfonamides is 1. The number of rotatable bonds is 5. The molecule has 1 spiro atoms. The van der Waals surface area contributed by atoms with Gasteiger partial charge in [-0.3, -0.25) is 4.79 Å². The number of piperidine rings is 1. The molecule has 0 bridgehead atoms. The molecule has 0 aliphatic carbocycles. The van der Waals surface area contributed by atoms with Crippen molar-refractivity contribution >= 4 is 21.6 Å². The van der Waals surface area contributed by atoms with Crippen LogP contribution in [0.5, 0.6) is 5.75 Å². The summed E-state index contributed by atoms with van der Waals surface area (Å²) in [4.78, 5) is 15.0. The van der Waals surface area contributed by atoms with Crippen molar-refractivity contribution in [2.45, 2.75) is 57.8 Å². The lowest BCUT2D eigenvalue weighted by Gasteiger charge is -2.42. The molecule has 30 heavy (non-hydrogen) atoms. The van der Waals surface area contributed by atoms with E-state index in [9.17, 15) is 13.2 Å². The minimum Gasteiger partial charge on any atom is -0.495 e. The van der Waals surface area contributed by atoms with E-state index in [1.165, 1.54) is 4.31 Å². The molecule has 0 saturated carbocycles. The SMILES string of the molecule is CCN(CC)S(=O)(=O)c1ccc(OC)c2c1C1(CCN(C(=O)C(C)(C)C)CC1)CN2. The summed E-state index contributed by atoms with van der Waals surface area (Å²) < 4.78 is 34.0. The standard InChI is InChI=1S/C22H35N3O4S/c1-7-25(8-2)30(27,28)17-10-9-16(29-6)19-18(17)22(15-23-19)11-13-24(14-12-22)20(26)21(3,4)5/h9-10,23H,7-8,11-15H2,1-6H3. The number of fused-ring (bicyclic) bond motifs is 2. The van der Waals surface area contributed by atoms with Gasteiger partial charge in [0.1, 0.15) is 5.75 Å². The summed E-state index contributed by atoms with van der Waals surface area (Å²) in [7, 11) is -2.02. The first-order chi connectivity index (χ1) is 14.0. The molecule has 1 fully saturated rings. The van der Waals surface area contributed by atoms with E-state index in [0.29, 0.717) is 43.4 Å². The number of benzene rings is 1. The Bertz CT molecular complexity index is 909. The van der Waals surface area contributed by atoms with Gasteiger partial charge < -0.3 is 15.0 Å². The van der Waals surface area contributed by atoms with Crippen LogP contribution < -0.4 is 10.1 Å². The smallest absolute Gasteiger partial charge is 0.243 e. The van der Waals surface area contributed by atoms with Crippen LogP contribution in [0.3, 0.4) is 0 Å². The Morgan fingerprint density at radius 1 is 1.20 bits per heavy atom. The summed E-state index contributed by atoms with van der Waals surface area (Å²) in [6.45, 7) is 12.3. The molecule has 7 nitrogen and oxygen atoms in total. The number of hydrogen-bond acceptors (Lipinski definition) is 5. The molecule has 1 saturated heterocycles. The van der Waals surface area contributed by atoms with Crippen molar-refractivity contribution in [3.8, 4) is 5.75 Å². The van der Waals surface area contributed by atoms with Crippen LogP contribution in [-0.4, -0.2) is 63.4 Å². The van der Waals surface area contributed by atoms with E-state index in [-0.39, 0.29) is 11.3 Å². The number of ether oxygens (including phenoxy) is 1. The highest BCUT2D eigenvalue weighted by molar-refractivity contribution is 7.89. The third-order valence-corrected chi connectivity index (χ3v) is 8.55. The predicted octanol–water partition coefficient (Wildman–Crippen LogP) is 3.06. The zero-order valence-corrected chi connectivity index (χ0v) is 19.9. The van der Waals surface area contributed by atoms with E-state index in [4.69, 9.17) is 4.74 Å². The predicted molar refractivity (Wildman–Crippen MR) is 119 cm³/mol. The molecule has 1 aromatic rings. The van der Waals surface area contributed by atoms with Gasteiger partial charge in [0.15, 0.2) is 0 Å². The maximum Gasteiger partial charge on any atom is 0.243 e. The summed E-state index contributed by atoms with van der Waals surface area (Å²) in [6.07, 6.45) is 1.45. The quantitative estimate of drug-likeness (QED) is 0.766. The third-order valence-electron chi connectivity index (χ3n) is 6.46. The number of hydrogen-bond donors (Lipinski definition) is 1. The zero-order valence-electron chi connectivity index (χ0n) is 19.0. The molecular formula is C22H35N3O4S. The highest BCUT2D eigenvalue weighted by atomic mass is 32.2. The van der Waals surface area contributed by atoms with E-state index in [1.807, 2.05) is 39.5 Å². The minimum atomic E-state index is -3.62. The van der Waals surface area contributed by atoms with Gasteiger partial charge in [-0.05, 0) is 25.0 Å². The van der Waals surface area contributed by atoms with E-state index in [0.717, 1.165) is 24.1 Å². The number of nitrogens with one attached hydrogen (secondary N) is 1. The van der Waals surface area contributed by atoms with Crippen LogP contribution in [0.25, 0.3) is 0 Å². The second kappa shape index (κ2) is 8.04. The molecule has 1 amide bonds. The van der Waals surface area contributed by atoms with Crippen molar-refractivity contribution in [1.82, 2.24) is 9.21 Å². The average molecular weight is 438 g/mol. The van der Waals surface area contributed by atoms with Crippen LogP contribution in [0.4, 0.5) is 5.69 Å². The first kappa shape index (κ1) is 22.9. The summed E-state index contributed by atoms with van der Waals surface area (Å²) in [5.74, 6) is 0.804. The second-order valence-electron chi connectivity index (χ2n) is 9.28. The number of likely N-dealkylation sites (tertiary alicyclic amines) is 1. The Labute approximate surface area is 180 Å². The summed E-state index contributed by atoms with van der Waals surface area (Å²) in [6, 6.07) is 3.42. The second-order valence-corrected chi connectivity index (χ2v) is 11.2. The summed E-state index contributed by atoms with van der Waals surface area (Å²) in [5.41, 5.74) is 0.864. The number of nitrogens with zero attached hydrogens (tertiary/aromatic N) is 2. The van der Waals surface area contributed by atoms with Crippen molar-refractivity contribution in [3.05, 3.63) is 17.7 Å². The van der Waals surface area contributed by atoms with E-state index >= 15 is 0 Å².